The molecule has 0 aliphatic carbocycles. The molecule has 2 rings (SSSR count). The number of rotatable bonds is 2. The van der Waals surface area contributed by atoms with Crippen molar-refractivity contribution in [2.75, 3.05) is 0 Å². The minimum absolute atomic E-state index is 0.0352. The van der Waals surface area contributed by atoms with Gasteiger partial charge in [0.25, 0.3) is 11.6 Å². The second-order valence-corrected chi connectivity index (χ2v) is 5.08. The van der Waals surface area contributed by atoms with Crippen LogP contribution < -0.4 is 5.84 Å². The van der Waals surface area contributed by atoms with Crippen LogP contribution in [0.2, 0.25) is 0 Å². The highest BCUT2D eigenvalue weighted by Gasteiger charge is 2.29. The molecule has 0 bridgehead atoms. The van der Waals surface area contributed by atoms with E-state index in [1.807, 2.05) is 0 Å². The molecule has 1 aliphatic heterocycles. The van der Waals surface area contributed by atoms with Crippen LogP contribution in [-0.2, 0) is 4.79 Å². The van der Waals surface area contributed by atoms with Gasteiger partial charge in [0.2, 0.25) is 0 Å². The largest absolute Gasteiger partial charge is 0.280 e. The summed E-state index contributed by atoms with van der Waals surface area (Å²) in [6.45, 7) is 0. The van der Waals surface area contributed by atoms with Gasteiger partial charge in [0.1, 0.15) is 0 Å². The maximum Gasteiger partial charge on any atom is 0.280 e. The van der Waals surface area contributed by atoms with Gasteiger partial charge in [-0.2, -0.15) is 0 Å². The Bertz CT molecular complexity index is 585. The number of hydrazine groups is 1. The number of hydrogen-bond donors (Lipinski definition) is 1. The van der Waals surface area contributed by atoms with Crippen molar-refractivity contribution in [2.24, 2.45) is 5.84 Å². The summed E-state index contributed by atoms with van der Waals surface area (Å²) in [5.41, 5.74) is 0.519. The van der Waals surface area contributed by atoms with Crippen molar-refractivity contribution in [1.29, 1.82) is 0 Å². The van der Waals surface area contributed by atoms with E-state index in [2.05, 4.69) is 0 Å². The minimum atomic E-state index is -0.495. The molecule has 0 atom stereocenters. The molecule has 1 amide bonds. The standard InChI is InChI=1S/C10H7N3O3S2/c11-12-9(14)8(18-10(12)17)5-6-2-1-3-7(4-6)13(15)16/h1-5H,11H2. The number of thioether (sulfide) groups is 1. The molecule has 1 saturated heterocycles. The van der Waals surface area contributed by atoms with Crippen LogP contribution in [-0.4, -0.2) is 20.2 Å². The lowest BCUT2D eigenvalue weighted by atomic mass is 10.2. The molecule has 2 N–H and O–H groups in total. The molecule has 8 heteroatoms. The van der Waals surface area contributed by atoms with Gasteiger partial charge in [-0.05, 0) is 11.6 Å². The number of nitrogens with zero attached hydrogens (tertiary/aromatic N) is 2. The van der Waals surface area contributed by atoms with Gasteiger partial charge < -0.3 is 0 Å². The molecule has 1 aliphatic rings. The Hall–Kier alpha value is -1.77. The average molecular weight is 281 g/mol. The maximum absolute atomic E-state index is 11.6. The van der Waals surface area contributed by atoms with E-state index < -0.39 is 10.8 Å². The monoisotopic (exact) mass is 281 g/mol. The molecule has 92 valence electrons. The number of nitrogens with two attached hydrogens (primary N) is 1. The highest BCUT2D eigenvalue weighted by molar-refractivity contribution is 8.26. The van der Waals surface area contributed by atoms with E-state index in [-0.39, 0.29) is 10.0 Å². The first kappa shape index (κ1) is 12.7. The Balaban J connectivity index is 2.34. The van der Waals surface area contributed by atoms with Gasteiger partial charge in [0.15, 0.2) is 4.32 Å². The van der Waals surface area contributed by atoms with E-state index in [0.29, 0.717) is 10.5 Å². The van der Waals surface area contributed by atoms with Crippen LogP contribution in [0.25, 0.3) is 6.08 Å². The number of amides is 1. The normalized spacial score (nSPS) is 17.6. The van der Waals surface area contributed by atoms with E-state index in [1.54, 1.807) is 12.1 Å². The maximum atomic E-state index is 11.6. The molecular formula is C10H7N3O3S2. The van der Waals surface area contributed by atoms with Gasteiger partial charge in [-0.1, -0.05) is 36.1 Å². The second-order valence-electron chi connectivity index (χ2n) is 3.40. The smallest absolute Gasteiger partial charge is 0.267 e. The highest BCUT2D eigenvalue weighted by atomic mass is 32.2. The zero-order valence-electron chi connectivity index (χ0n) is 8.90. The summed E-state index contributed by atoms with van der Waals surface area (Å²) in [5, 5.41) is 11.5. The Morgan fingerprint density at radius 1 is 1.50 bits per heavy atom. The van der Waals surface area contributed by atoms with Gasteiger partial charge >= 0.3 is 0 Å². The molecular weight excluding hydrogens is 274 g/mol. The summed E-state index contributed by atoms with van der Waals surface area (Å²) in [6.07, 6.45) is 1.53. The van der Waals surface area contributed by atoms with Gasteiger partial charge in [0.05, 0.1) is 9.83 Å². The van der Waals surface area contributed by atoms with E-state index in [0.717, 1.165) is 16.8 Å². The predicted octanol–water partition coefficient (Wildman–Crippen LogP) is 1.67. The Morgan fingerprint density at radius 2 is 2.22 bits per heavy atom. The third-order valence-electron chi connectivity index (χ3n) is 2.20. The first-order chi connectivity index (χ1) is 8.49. The Labute approximate surface area is 112 Å². The van der Waals surface area contributed by atoms with Crippen LogP contribution in [0, 0.1) is 10.1 Å². The van der Waals surface area contributed by atoms with E-state index >= 15 is 0 Å². The molecule has 0 unspecified atom stereocenters. The molecule has 1 aromatic rings. The second kappa shape index (κ2) is 4.84. The van der Waals surface area contributed by atoms with Crippen LogP contribution in [0.1, 0.15) is 5.56 Å². The SMILES string of the molecule is NN1C(=O)C(=Cc2cccc([N+](=O)[O-])c2)SC1=S. The van der Waals surface area contributed by atoms with Crippen molar-refractivity contribution in [3.05, 3.63) is 44.8 Å². The van der Waals surface area contributed by atoms with E-state index in [1.165, 1.54) is 18.2 Å². The fourth-order valence-electron chi connectivity index (χ4n) is 1.36. The van der Waals surface area contributed by atoms with Crippen molar-refractivity contribution in [1.82, 2.24) is 5.01 Å². The van der Waals surface area contributed by atoms with Crippen LogP contribution in [0.5, 0.6) is 0 Å². The van der Waals surface area contributed by atoms with Crippen LogP contribution in [0.3, 0.4) is 0 Å². The predicted molar refractivity (Wildman–Crippen MR) is 72.3 cm³/mol. The quantitative estimate of drug-likeness (QED) is 0.221. The van der Waals surface area contributed by atoms with Crippen molar-refractivity contribution in [3.8, 4) is 0 Å². The average Bonchev–Trinajstić information content (AvgIpc) is 2.57. The summed E-state index contributed by atoms with van der Waals surface area (Å²) in [4.78, 5) is 22.1. The van der Waals surface area contributed by atoms with Gasteiger partial charge in [-0.15, -0.1) is 0 Å². The number of nitro groups is 1. The van der Waals surface area contributed by atoms with Gasteiger partial charge in [-0.25, -0.2) is 10.9 Å². The molecule has 1 heterocycles. The fraction of sp³-hybridized carbons (Fsp3) is 0. The number of non-ortho nitro benzene ring substituents is 1. The third kappa shape index (κ3) is 2.40. The summed E-state index contributed by atoms with van der Waals surface area (Å²) < 4.78 is 0.261. The number of carbonyl (C=O) groups excluding carboxylic acids is 1. The topological polar surface area (TPSA) is 89.5 Å². The highest BCUT2D eigenvalue weighted by Crippen LogP contribution is 2.30. The van der Waals surface area contributed by atoms with Crippen molar-refractivity contribution >= 4 is 46.0 Å². The lowest BCUT2D eigenvalue weighted by molar-refractivity contribution is -0.384. The number of hydrogen-bond acceptors (Lipinski definition) is 6. The Morgan fingerprint density at radius 3 is 2.78 bits per heavy atom. The first-order valence-electron chi connectivity index (χ1n) is 4.76. The lowest BCUT2D eigenvalue weighted by Crippen LogP contribution is -2.34. The summed E-state index contributed by atoms with van der Waals surface area (Å²) in [7, 11) is 0. The lowest BCUT2D eigenvalue weighted by Gasteiger charge is -2.02. The minimum Gasteiger partial charge on any atom is -0.267 e. The summed E-state index contributed by atoms with van der Waals surface area (Å²) in [5.74, 6) is 5.01. The molecule has 0 saturated carbocycles. The van der Waals surface area contributed by atoms with Crippen molar-refractivity contribution < 1.29 is 9.72 Å². The number of nitro benzene ring substituents is 1. The number of benzene rings is 1. The zero-order valence-corrected chi connectivity index (χ0v) is 10.5. The third-order valence-corrected chi connectivity index (χ3v) is 3.53. The summed E-state index contributed by atoms with van der Waals surface area (Å²) >= 11 is 5.94. The Kier molecular flexibility index (Phi) is 3.41. The van der Waals surface area contributed by atoms with Crippen LogP contribution >= 0.6 is 24.0 Å². The van der Waals surface area contributed by atoms with Crippen LogP contribution in [0.15, 0.2) is 29.2 Å². The molecule has 0 spiro atoms. The number of carbonyl (C=O) groups is 1. The zero-order chi connectivity index (χ0) is 13.3. The first-order valence-corrected chi connectivity index (χ1v) is 5.98. The van der Waals surface area contributed by atoms with Crippen molar-refractivity contribution in [2.45, 2.75) is 0 Å². The molecule has 0 radical (unpaired) electrons. The van der Waals surface area contributed by atoms with Gasteiger partial charge in [0, 0.05) is 12.1 Å². The molecule has 1 fully saturated rings. The van der Waals surface area contributed by atoms with Gasteiger partial charge in [-0.3, -0.25) is 14.9 Å². The van der Waals surface area contributed by atoms with Crippen molar-refractivity contribution in [3.63, 3.8) is 0 Å². The van der Waals surface area contributed by atoms with E-state index in [9.17, 15) is 14.9 Å². The number of thiocarbonyl (C=S) groups is 1. The van der Waals surface area contributed by atoms with E-state index in [4.69, 9.17) is 18.1 Å². The molecule has 0 aromatic heterocycles. The molecule has 6 nitrogen and oxygen atoms in total. The molecule has 1 aromatic carbocycles. The van der Waals surface area contributed by atoms with Crippen LogP contribution in [0.4, 0.5) is 5.69 Å². The molecule has 18 heavy (non-hydrogen) atoms. The summed E-state index contributed by atoms with van der Waals surface area (Å²) in [6, 6.07) is 5.97. The fourth-order valence-corrected chi connectivity index (χ4v) is 2.46.